The van der Waals surface area contributed by atoms with Gasteiger partial charge in [-0.2, -0.15) is 0 Å². The second-order valence-electron chi connectivity index (χ2n) is 1.25. The van der Waals surface area contributed by atoms with Gasteiger partial charge in [0.2, 0.25) is 0 Å². The molecule has 0 unspecified atom stereocenters. The molecule has 0 N–H and O–H groups in total. The smallest absolute Gasteiger partial charge is 0.193 e. The van der Waals surface area contributed by atoms with E-state index in [1.165, 1.54) is 14.2 Å². The lowest BCUT2D eigenvalue weighted by Crippen LogP contribution is -2.11. The molecule has 0 aliphatic heterocycles. The van der Waals surface area contributed by atoms with Crippen LogP contribution in [0.5, 0.6) is 0 Å². The molecule has 0 spiro atoms. The monoisotopic (exact) mass is 136 g/mol. The van der Waals surface area contributed by atoms with Gasteiger partial charge in [-0.05, 0) is 0 Å². The highest BCUT2D eigenvalue weighted by Crippen LogP contribution is 2.07. The SMILES string of the molecule is C=C(Cl)C(OC)OC. The highest BCUT2D eigenvalue weighted by atomic mass is 35.5. The van der Waals surface area contributed by atoms with Crippen LogP contribution in [0.3, 0.4) is 0 Å². The van der Waals surface area contributed by atoms with Crippen LogP contribution < -0.4 is 0 Å². The topological polar surface area (TPSA) is 18.5 Å². The quantitative estimate of drug-likeness (QED) is 0.546. The van der Waals surface area contributed by atoms with Crippen molar-refractivity contribution in [2.45, 2.75) is 6.29 Å². The molecule has 0 aromatic heterocycles. The Balaban J connectivity index is 3.52. The number of hydrogen-bond donors (Lipinski definition) is 0. The van der Waals surface area contributed by atoms with Crippen LogP contribution in [0.2, 0.25) is 0 Å². The van der Waals surface area contributed by atoms with Crippen LogP contribution in [0.1, 0.15) is 0 Å². The van der Waals surface area contributed by atoms with E-state index in [0.29, 0.717) is 5.03 Å². The predicted octanol–water partition coefficient (Wildman–Crippen LogP) is 1.36. The Morgan fingerprint density at radius 1 is 1.50 bits per heavy atom. The molecule has 0 aliphatic rings. The predicted molar refractivity (Wildman–Crippen MR) is 32.8 cm³/mol. The third-order valence-corrected chi connectivity index (χ3v) is 0.862. The van der Waals surface area contributed by atoms with Gasteiger partial charge >= 0.3 is 0 Å². The third-order valence-electron chi connectivity index (χ3n) is 0.684. The van der Waals surface area contributed by atoms with Gasteiger partial charge in [0.25, 0.3) is 0 Å². The van der Waals surface area contributed by atoms with E-state index < -0.39 is 6.29 Å². The average molecular weight is 137 g/mol. The zero-order valence-electron chi connectivity index (χ0n) is 4.98. The van der Waals surface area contributed by atoms with Crippen molar-refractivity contribution in [1.29, 1.82) is 0 Å². The first-order chi connectivity index (χ1) is 3.72. The van der Waals surface area contributed by atoms with Gasteiger partial charge in [-0.1, -0.05) is 18.2 Å². The Hall–Kier alpha value is -0.0500. The second-order valence-corrected chi connectivity index (χ2v) is 1.74. The standard InChI is InChI=1S/C5H9ClO2/c1-4(6)5(7-2)8-3/h5H,1H2,2-3H3. The third kappa shape index (κ3) is 2.31. The summed E-state index contributed by atoms with van der Waals surface area (Å²) in [6.45, 7) is 3.41. The van der Waals surface area contributed by atoms with Gasteiger partial charge in [-0.15, -0.1) is 0 Å². The van der Waals surface area contributed by atoms with Crippen molar-refractivity contribution in [3.8, 4) is 0 Å². The Labute approximate surface area is 54.0 Å². The van der Waals surface area contributed by atoms with E-state index in [4.69, 9.17) is 21.1 Å². The molecule has 48 valence electrons. The molecule has 0 saturated carbocycles. The minimum absolute atomic E-state index is 0.356. The molecule has 0 aliphatic carbocycles. The fourth-order valence-electron chi connectivity index (χ4n) is 0.352. The highest BCUT2D eigenvalue weighted by molar-refractivity contribution is 6.29. The summed E-state index contributed by atoms with van der Waals surface area (Å²) < 4.78 is 9.41. The molecule has 0 aromatic rings. The normalized spacial score (nSPS) is 10.0. The Bertz CT molecular complexity index is 78.5. The van der Waals surface area contributed by atoms with Crippen molar-refractivity contribution < 1.29 is 9.47 Å². The molecule has 3 heteroatoms. The fraction of sp³-hybridized carbons (Fsp3) is 0.600. The summed E-state index contributed by atoms with van der Waals surface area (Å²) in [5.41, 5.74) is 0. The van der Waals surface area contributed by atoms with Crippen LogP contribution in [-0.2, 0) is 9.47 Å². The van der Waals surface area contributed by atoms with E-state index in [9.17, 15) is 0 Å². The molecular weight excluding hydrogens is 128 g/mol. The lowest BCUT2D eigenvalue weighted by Gasteiger charge is -2.09. The van der Waals surface area contributed by atoms with Gasteiger partial charge in [-0.3, -0.25) is 0 Å². The van der Waals surface area contributed by atoms with Gasteiger partial charge in [0.1, 0.15) is 0 Å². The van der Waals surface area contributed by atoms with Gasteiger partial charge in [0.15, 0.2) is 6.29 Å². The first kappa shape index (κ1) is 7.95. The summed E-state index contributed by atoms with van der Waals surface area (Å²) in [5, 5.41) is 0.356. The van der Waals surface area contributed by atoms with Crippen LogP contribution in [-0.4, -0.2) is 20.5 Å². The van der Waals surface area contributed by atoms with Crippen molar-refractivity contribution in [1.82, 2.24) is 0 Å². The first-order valence-electron chi connectivity index (χ1n) is 2.12. The van der Waals surface area contributed by atoms with Crippen LogP contribution in [0.4, 0.5) is 0 Å². The van der Waals surface area contributed by atoms with Crippen LogP contribution >= 0.6 is 11.6 Å². The molecule has 0 fully saturated rings. The molecule has 0 amide bonds. The van der Waals surface area contributed by atoms with Crippen molar-refractivity contribution in [2.24, 2.45) is 0 Å². The minimum atomic E-state index is -0.475. The first-order valence-corrected chi connectivity index (χ1v) is 2.50. The zero-order chi connectivity index (χ0) is 6.57. The van der Waals surface area contributed by atoms with E-state index in [1.54, 1.807) is 0 Å². The van der Waals surface area contributed by atoms with E-state index in [-0.39, 0.29) is 0 Å². The van der Waals surface area contributed by atoms with Crippen molar-refractivity contribution >= 4 is 11.6 Å². The number of methoxy groups -OCH3 is 2. The average Bonchev–Trinajstić information content (AvgIpc) is 1.69. The minimum Gasteiger partial charge on any atom is -0.351 e. The maximum Gasteiger partial charge on any atom is 0.193 e. The Morgan fingerprint density at radius 3 is 1.88 bits per heavy atom. The van der Waals surface area contributed by atoms with E-state index in [0.717, 1.165) is 0 Å². The molecule has 0 radical (unpaired) electrons. The van der Waals surface area contributed by atoms with Crippen LogP contribution in [0.25, 0.3) is 0 Å². The molecule has 0 rings (SSSR count). The molecule has 0 bridgehead atoms. The molecule has 0 atom stereocenters. The van der Waals surface area contributed by atoms with E-state index in [1.807, 2.05) is 0 Å². The van der Waals surface area contributed by atoms with Gasteiger partial charge in [0, 0.05) is 14.2 Å². The van der Waals surface area contributed by atoms with Crippen molar-refractivity contribution in [2.75, 3.05) is 14.2 Å². The van der Waals surface area contributed by atoms with Crippen molar-refractivity contribution in [3.05, 3.63) is 11.6 Å². The van der Waals surface area contributed by atoms with Crippen molar-refractivity contribution in [3.63, 3.8) is 0 Å². The fourth-order valence-corrected chi connectivity index (χ4v) is 0.530. The summed E-state index contributed by atoms with van der Waals surface area (Å²) in [6.07, 6.45) is -0.475. The lowest BCUT2D eigenvalue weighted by molar-refractivity contribution is -0.0696. The molecule has 0 heterocycles. The van der Waals surface area contributed by atoms with Crippen LogP contribution in [0.15, 0.2) is 11.6 Å². The maximum absolute atomic E-state index is 5.40. The summed E-state index contributed by atoms with van der Waals surface area (Å²) in [4.78, 5) is 0. The van der Waals surface area contributed by atoms with Crippen LogP contribution in [0, 0.1) is 0 Å². The largest absolute Gasteiger partial charge is 0.351 e. The molecular formula is C5H9ClO2. The maximum atomic E-state index is 5.40. The van der Waals surface area contributed by atoms with Gasteiger partial charge in [-0.25, -0.2) is 0 Å². The van der Waals surface area contributed by atoms with Gasteiger partial charge < -0.3 is 9.47 Å². The number of ether oxygens (including phenoxy) is 2. The molecule has 0 aromatic carbocycles. The van der Waals surface area contributed by atoms with E-state index in [2.05, 4.69) is 6.58 Å². The van der Waals surface area contributed by atoms with E-state index >= 15 is 0 Å². The number of hydrogen-bond acceptors (Lipinski definition) is 2. The Kier molecular flexibility index (Phi) is 3.87. The Morgan fingerprint density at radius 2 is 1.88 bits per heavy atom. The summed E-state index contributed by atoms with van der Waals surface area (Å²) >= 11 is 5.40. The summed E-state index contributed by atoms with van der Waals surface area (Å²) in [7, 11) is 3.00. The number of rotatable bonds is 3. The zero-order valence-corrected chi connectivity index (χ0v) is 5.73. The molecule has 0 saturated heterocycles. The van der Waals surface area contributed by atoms with Gasteiger partial charge in [0.05, 0.1) is 5.03 Å². The lowest BCUT2D eigenvalue weighted by atomic mass is 10.6. The summed E-state index contributed by atoms with van der Waals surface area (Å²) in [6, 6.07) is 0. The highest BCUT2D eigenvalue weighted by Gasteiger charge is 2.04. The molecule has 8 heavy (non-hydrogen) atoms. The molecule has 2 nitrogen and oxygen atoms in total. The second kappa shape index (κ2) is 3.89. The summed E-state index contributed by atoms with van der Waals surface area (Å²) in [5.74, 6) is 0. The number of halogens is 1.